The first kappa shape index (κ1) is 27.2. The number of hydrogen-bond donors (Lipinski definition) is 0. The Labute approximate surface area is 204 Å². The number of hydrogen-bond acceptors (Lipinski definition) is 5. The molecule has 0 fully saturated rings. The van der Waals surface area contributed by atoms with E-state index in [2.05, 4.69) is 6.58 Å². The van der Waals surface area contributed by atoms with E-state index >= 15 is 0 Å². The van der Waals surface area contributed by atoms with Gasteiger partial charge in [-0.3, -0.25) is 0 Å². The molecule has 0 aliphatic heterocycles. The van der Waals surface area contributed by atoms with Crippen molar-refractivity contribution in [2.45, 2.75) is 77.7 Å². The summed E-state index contributed by atoms with van der Waals surface area (Å²) in [5, 5.41) is 0. The lowest BCUT2D eigenvalue weighted by atomic mass is 10.1. The first-order valence-electron chi connectivity index (χ1n) is 12.4. The molecular formula is C29H38O5. The third kappa shape index (κ3) is 10.2. The Morgan fingerprint density at radius 2 is 1.38 bits per heavy atom. The predicted molar refractivity (Wildman–Crippen MR) is 136 cm³/mol. The topological polar surface area (TPSA) is 61.8 Å². The average molecular weight is 467 g/mol. The van der Waals surface area contributed by atoms with Crippen LogP contribution in [0.25, 0.3) is 0 Å². The van der Waals surface area contributed by atoms with Crippen molar-refractivity contribution in [2.24, 2.45) is 0 Å². The molecule has 34 heavy (non-hydrogen) atoms. The molecule has 0 N–H and O–H groups in total. The molecular weight excluding hydrogens is 428 g/mol. The predicted octanol–water partition coefficient (Wildman–Crippen LogP) is 7.55. The maximum Gasteiger partial charge on any atom is 0.343 e. The van der Waals surface area contributed by atoms with Gasteiger partial charge in [0.05, 0.1) is 23.8 Å². The fraction of sp³-hybridized carbons (Fsp3) is 0.448. The Hall–Kier alpha value is -3.08. The van der Waals surface area contributed by atoms with Crippen LogP contribution in [0.3, 0.4) is 0 Å². The van der Waals surface area contributed by atoms with Crippen LogP contribution in [0.5, 0.6) is 11.5 Å². The van der Waals surface area contributed by atoms with Gasteiger partial charge in [-0.2, -0.15) is 0 Å². The van der Waals surface area contributed by atoms with Gasteiger partial charge in [-0.25, -0.2) is 9.59 Å². The number of unbranched alkanes of at least 4 members (excludes halogenated alkanes) is 6. The van der Waals surface area contributed by atoms with Crippen molar-refractivity contribution in [3.63, 3.8) is 0 Å². The standard InChI is InChI=1S/C29H38O5/c1-4-6-7-8-9-10-11-12-22-32-26-18-14-25(15-19-26)29(31)34-27-20-16-24(17-21-27)28(30)33-23(3)13-5-2/h4,14-21,23H,1,5-13,22H2,2-3H3. The summed E-state index contributed by atoms with van der Waals surface area (Å²) in [6.07, 6.45) is 11.9. The van der Waals surface area contributed by atoms with Gasteiger partial charge in [0, 0.05) is 0 Å². The number of esters is 2. The SMILES string of the molecule is C=CCCCCCCCCOc1ccc(C(=O)Oc2ccc(C(=O)OC(C)CCC)cc2)cc1. The minimum absolute atomic E-state index is 0.126. The summed E-state index contributed by atoms with van der Waals surface area (Å²) >= 11 is 0. The van der Waals surface area contributed by atoms with Crippen LogP contribution in [-0.4, -0.2) is 24.6 Å². The summed E-state index contributed by atoms with van der Waals surface area (Å²) in [5.41, 5.74) is 0.862. The van der Waals surface area contributed by atoms with Gasteiger partial charge in [0.1, 0.15) is 11.5 Å². The van der Waals surface area contributed by atoms with E-state index in [1.54, 1.807) is 48.5 Å². The number of ether oxygens (including phenoxy) is 3. The quantitative estimate of drug-likeness (QED) is 0.111. The maximum atomic E-state index is 12.4. The summed E-state index contributed by atoms with van der Waals surface area (Å²) in [6, 6.07) is 13.3. The van der Waals surface area contributed by atoms with Gasteiger partial charge in [-0.05, 0) is 81.1 Å². The van der Waals surface area contributed by atoms with Gasteiger partial charge in [0.15, 0.2) is 0 Å². The van der Waals surface area contributed by atoms with Crippen molar-refractivity contribution in [3.05, 3.63) is 72.3 Å². The van der Waals surface area contributed by atoms with Crippen LogP contribution in [0.15, 0.2) is 61.2 Å². The van der Waals surface area contributed by atoms with Gasteiger partial charge in [0.2, 0.25) is 0 Å². The molecule has 5 heteroatoms. The Kier molecular flexibility index (Phi) is 12.5. The lowest BCUT2D eigenvalue weighted by Crippen LogP contribution is -2.14. The van der Waals surface area contributed by atoms with Crippen LogP contribution < -0.4 is 9.47 Å². The Morgan fingerprint density at radius 3 is 2.00 bits per heavy atom. The molecule has 0 aliphatic rings. The van der Waals surface area contributed by atoms with E-state index in [9.17, 15) is 9.59 Å². The first-order chi connectivity index (χ1) is 16.5. The highest BCUT2D eigenvalue weighted by Gasteiger charge is 2.13. The van der Waals surface area contributed by atoms with Crippen LogP contribution in [0.1, 0.15) is 92.4 Å². The van der Waals surface area contributed by atoms with E-state index in [4.69, 9.17) is 14.2 Å². The molecule has 0 saturated carbocycles. The zero-order valence-electron chi connectivity index (χ0n) is 20.6. The zero-order chi connectivity index (χ0) is 24.6. The fourth-order valence-electron chi connectivity index (χ4n) is 3.52. The monoisotopic (exact) mass is 466 g/mol. The number of benzene rings is 2. The van der Waals surface area contributed by atoms with Gasteiger partial charge >= 0.3 is 11.9 Å². The maximum absolute atomic E-state index is 12.4. The summed E-state index contributed by atoms with van der Waals surface area (Å²) in [7, 11) is 0. The fourth-order valence-corrected chi connectivity index (χ4v) is 3.52. The van der Waals surface area contributed by atoms with Gasteiger partial charge in [-0.15, -0.1) is 6.58 Å². The molecule has 1 atom stereocenters. The third-order valence-corrected chi connectivity index (χ3v) is 5.47. The number of carbonyl (C=O) groups excluding carboxylic acids is 2. The summed E-state index contributed by atoms with van der Waals surface area (Å²) in [4.78, 5) is 24.6. The van der Waals surface area contributed by atoms with Crippen molar-refractivity contribution in [3.8, 4) is 11.5 Å². The highest BCUT2D eigenvalue weighted by Crippen LogP contribution is 2.18. The minimum Gasteiger partial charge on any atom is -0.494 e. The molecule has 5 nitrogen and oxygen atoms in total. The van der Waals surface area contributed by atoms with Crippen LogP contribution in [0.4, 0.5) is 0 Å². The molecule has 2 rings (SSSR count). The summed E-state index contributed by atoms with van der Waals surface area (Å²) < 4.78 is 16.6. The smallest absolute Gasteiger partial charge is 0.343 e. The van der Waals surface area contributed by atoms with E-state index in [1.807, 2.05) is 19.9 Å². The van der Waals surface area contributed by atoms with Crippen molar-refractivity contribution >= 4 is 11.9 Å². The molecule has 0 aromatic heterocycles. The third-order valence-electron chi connectivity index (χ3n) is 5.47. The van der Waals surface area contributed by atoms with Crippen LogP contribution >= 0.6 is 0 Å². The van der Waals surface area contributed by atoms with Crippen molar-refractivity contribution in [1.29, 1.82) is 0 Å². The first-order valence-corrected chi connectivity index (χ1v) is 12.4. The molecule has 0 heterocycles. The lowest BCUT2D eigenvalue weighted by molar-refractivity contribution is 0.0323. The van der Waals surface area contributed by atoms with Crippen molar-refractivity contribution in [2.75, 3.05) is 6.61 Å². The van der Waals surface area contributed by atoms with Crippen LogP contribution in [0, 0.1) is 0 Å². The molecule has 0 bridgehead atoms. The van der Waals surface area contributed by atoms with Crippen LogP contribution in [0.2, 0.25) is 0 Å². The zero-order valence-corrected chi connectivity index (χ0v) is 20.6. The minimum atomic E-state index is -0.463. The second-order valence-electron chi connectivity index (χ2n) is 8.49. The average Bonchev–Trinajstić information content (AvgIpc) is 2.84. The molecule has 0 saturated heterocycles. The van der Waals surface area contributed by atoms with Gasteiger partial charge in [-0.1, -0.05) is 45.1 Å². The summed E-state index contributed by atoms with van der Waals surface area (Å²) in [5.74, 6) is 0.267. The molecule has 0 radical (unpaired) electrons. The largest absolute Gasteiger partial charge is 0.494 e. The Bertz CT molecular complexity index is 870. The molecule has 0 aliphatic carbocycles. The van der Waals surface area contributed by atoms with E-state index in [1.165, 1.54) is 25.7 Å². The highest BCUT2D eigenvalue weighted by molar-refractivity contribution is 5.92. The molecule has 2 aromatic rings. The number of allylic oxidation sites excluding steroid dienone is 1. The lowest BCUT2D eigenvalue weighted by Gasteiger charge is -2.12. The Balaban J connectivity index is 1.72. The molecule has 0 amide bonds. The molecule has 184 valence electrons. The van der Waals surface area contributed by atoms with E-state index in [0.29, 0.717) is 23.5 Å². The van der Waals surface area contributed by atoms with E-state index in [0.717, 1.165) is 37.9 Å². The van der Waals surface area contributed by atoms with Gasteiger partial charge in [0.25, 0.3) is 0 Å². The molecule has 0 spiro atoms. The second kappa shape index (κ2) is 15.7. The second-order valence-corrected chi connectivity index (χ2v) is 8.49. The van der Waals surface area contributed by atoms with E-state index in [-0.39, 0.29) is 12.1 Å². The molecule has 2 aromatic carbocycles. The van der Waals surface area contributed by atoms with Crippen molar-refractivity contribution < 1.29 is 23.8 Å². The number of rotatable bonds is 16. The van der Waals surface area contributed by atoms with Crippen LogP contribution in [-0.2, 0) is 4.74 Å². The van der Waals surface area contributed by atoms with E-state index < -0.39 is 5.97 Å². The normalized spacial score (nSPS) is 11.5. The highest BCUT2D eigenvalue weighted by atomic mass is 16.5. The Morgan fingerprint density at radius 1 is 0.824 bits per heavy atom. The number of carbonyl (C=O) groups is 2. The van der Waals surface area contributed by atoms with Crippen molar-refractivity contribution in [1.82, 2.24) is 0 Å². The summed E-state index contributed by atoms with van der Waals surface area (Å²) in [6.45, 7) is 8.34. The van der Waals surface area contributed by atoms with Gasteiger partial charge < -0.3 is 14.2 Å². The molecule has 1 unspecified atom stereocenters.